The molecule has 0 saturated heterocycles. The van der Waals surface area contributed by atoms with Crippen molar-refractivity contribution in [1.82, 2.24) is 10.5 Å². The molecule has 2 atom stereocenters. The van der Waals surface area contributed by atoms with Crippen LogP contribution in [-0.2, 0) is 22.7 Å². The van der Waals surface area contributed by atoms with Gasteiger partial charge in [-0.3, -0.25) is 4.79 Å². The van der Waals surface area contributed by atoms with Gasteiger partial charge >= 0.3 is 5.97 Å². The van der Waals surface area contributed by atoms with Crippen molar-refractivity contribution in [3.63, 3.8) is 0 Å². The highest BCUT2D eigenvalue weighted by atomic mass is 16.5. The van der Waals surface area contributed by atoms with Gasteiger partial charge in [-0.25, -0.2) is 4.79 Å². The first kappa shape index (κ1) is 24.0. The SMILES string of the molecule is Cc1cc(COc2c(C(=O)N[C@H](C(=O)O)[C@@H](C)OCc3ccccc3)ccc3ccccc23)no1. The Labute approximate surface area is 202 Å². The number of fused-ring (bicyclic) bond motifs is 1. The number of benzene rings is 3. The molecule has 8 nitrogen and oxygen atoms in total. The molecule has 4 rings (SSSR count). The number of nitrogens with zero attached hydrogens (tertiary/aromatic N) is 1. The Morgan fingerprint density at radius 3 is 2.49 bits per heavy atom. The van der Waals surface area contributed by atoms with E-state index in [0.717, 1.165) is 16.3 Å². The third kappa shape index (κ3) is 5.85. The number of aliphatic carboxylic acids is 1. The zero-order chi connectivity index (χ0) is 24.8. The number of carboxylic acid groups (broad SMARTS) is 1. The highest BCUT2D eigenvalue weighted by Crippen LogP contribution is 2.31. The number of amides is 1. The number of hydrogen-bond acceptors (Lipinski definition) is 6. The minimum absolute atomic E-state index is 0.0879. The maximum atomic E-state index is 13.3. The van der Waals surface area contributed by atoms with Gasteiger partial charge in [0.15, 0.2) is 6.04 Å². The summed E-state index contributed by atoms with van der Waals surface area (Å²) in [4.78, 5) is 25.3. The van der Waals surface area contributed by atoms with Crippen LogP contribution in [0, 0.1) is 6.92 Å². The molecule has 0 aliphatic carbocycles. The number of carboxylic acids is 1. The summed E-state index contributed by atoms with van der Waals surface area (Å²) in [5.74, 6) is -0.790. The van der Waals surface area contributed by atoms with E-state index in [2.05, 4.69) is 10.5 Å². The topological polar surface area (TPSA) is 111 Å². The van der Waals surface area contributed by atoms with Crippen LogP contribution in [0.2, 0.25) is 0 Å². The number of carbonyl (C=O) groups is 2. The molecule has 35 heavy (non-hydrogen) atoms. The predicted octanol–water partition coefficient (Wildman–Crippen LogP) is 4.50. The van der Waals surface area contributed by atoms with Crippen molar-refractivity contribution in [2.24, 2.45) is 0 Å². The lowest BCUT2D eigenvalue weighted by Crippen LogP contribution is -2.48. The van der Waals surface area contributed by atoms with E-state index in [1.54, 1.807) is 32.0 Å². The molecular formula is C27H26N2O6. The Kier molecular flexibility index (Phi) is 7.42. The molecule has 180 valence electrons. The van der Waals surface area contributed by atoms with Gasteiger partial charge in [-0.05, 0) is 30.9 Å². The van der Waals surface area contributed by atoms with Gasteiger partial charge in [0.25, 0.3) is 5.91 Å². The predicted molar refractivity (Wildman–Crippen MR) is 129 cm³/mol. The van der Waals surface area contributed by atoms with E-state index in [4.69, 9.17) is 14.0 Å². The van der Waals surface area contributed by atoms with E-state index in [-0.39, 0.29) is 18.8 Å². The first-order valence-corrected chi connectivity index (χ1v) is 11.2. The number of carbonyl (C=O) groups excluding carboxylic acids is 1. The number of rotatable bonds is 10. The molecule has 4 aromatic rings. The first-order chi connectivity index (χ1) is 16.9. The number of ether oxygens (including phenoxy) is 2. The lowest BCUT2D eigenvalue weighted by molar-refractivity contribution is -0.143. The first-order valence-electron chi connectivity index (χ1n) is 11.2. The fourth-order valence-electron chi connectivity index (χ4n) is 3.71. The van der Waals surface area contributed by atoms with Crippen LogP contribution in [0.1, 0.15) is 34.3 Å². The normalized spacial score (nSPS) is 12.7. The monoisotopic (exact) mass is 474 g/mol. The number of nitrogens with one attached hydrogen (secondary N) is 1. The fourth-order valence-corrected chi connectivity index (χ4v) is 3.71. The Bertz CT molecular complexity index is 1320. The average molecular weight is 475 g/mol. The average Bonchev–Trinajstić information content (AvgIpc) is 3.29. The van der Waals surface area contributed by atoms with Crippen molar-refractivity contribution in [3.05, 3.63) is 95.4 Å². The van der Waals surface area contributed by atoms with Gasteiger partial charge in [0, 0.05) is 11.5 Å². The number of aromatic nitrogens is 1. The van der Waals surface area contributed by atoms with Crippen LogP contribution < -0.4 is 10.1 Å². The standard InChI is InChI=1S/C27H26N2O6/c1-17-14-21(29-35-17)16-34-25-22-11-7-6-10-20(22)12-13-23(25)26(30)28-24(27(31)32)18(2)33-15-19-8-4-3-5-9-19/h3-14,18,24H,15-16H2,1-2H3,(H,28,30)(H,31,32)/t18-,24+/m1/s1. The van der Waals surface area contributed by atoms with Crippen molar-refractivity contribution in [1.29, 1.82) is 0 Å². The lowest BCUT2D eigenvalue weighted by Gasteiger charge is -2.23. The third-order valence-corrected chi connectivity index (χ3v) is 5.54. The van der Waals surface area contributed by atoms with Crippen LogP contribution in [0.25, 0.3) is 10.8 Å². The summed E-state index contributed by atoms with van der Waals surface area (Å²) >= 11 is 0. The van der Waals surface area contributed by atoms with Crippen LogP contribution in [0.3, 0.4) is 0 Å². The van der Waals surface area contributed by atoms with Crippen LogP contribution in [0.15, 0.2) is 77.3 Å². The lowest BCUT2D eigenvalue weighted by atomic mass is 10.0. The summed E-state index contributed by atoms with van der Waals surface area (Å²) in [6.45, 7) is 3.71. The summed E-state index contributed by atoms with van der Waals surface area (Å²) in [6.07, 6.45) is -0.778. The molecule has 1 heterocycles. The smallest absolute Gasteiger partial charge is 0.328 e. The molecule has 0 fully saturated rings. The third-order valence-electron chi connectivity index (χ3n) is 5.54. The Morgan fingerprint density at radius 2 is 1.77 bits per heavy atom. The molecule has 1 amide bonds. The highest BCUT2D eigenvalue weighted by Gasteiger charge is 2.29. The molecule has 0 bridgehead atoms. The fraction of sp³-hybridized carbons (Fsp3) is 0.222. The highest BCUT2D eigenvalue weighted by molar-refractivity contribution is 6.04. The molecule has 0 saturated carbocycles. The van der Waals surface area contributed by atoms with Crippen molar-refractivity contribution in [2.45, 2.75) is 39.2 Å². The Balaban J connectivity index is 1.55. The van der Waals surface area contributed by atoms with Crippen LogP contribution in [0.4, 0.5) is 0 Å². The number of aryl methyl sites for hydroxylation is 1. The van der Waals surface area contributed by atoms with E-state index < -0.39 is 24.0 Å². The van der Waals surface area contributed by atoms with E-state index >= 15 is 0 Å². The Morgan fingerprint density at radius 1 is 1.03 bits per heavy atom. The second-order valence-electron chi connectivity index (χ2n) is 8.17. The van der Waals surface area contributed by atoms with Gasteiger partial charge in [0.2, 0.25) is 0 Å². The molecule has 0 aliphatic heterocycles. The zero-order valence-corrected chi connectivity index (χ0v) is 19.4. The van der Waals surface area contributed by atoms with Crippen LogP contribution >= 0.6 is 0 Å². The minimum atomic E-state index is -1.26. The molecule has 0 aliphatic rings. The molecule has 0 radical (unpaired) electrons. The largest absolute Gasteiger partial charge is 0.486 e. The summed E-state index contributed by atoms with van der Waals surface area (Å²) < 4.78 is 16.9. The maximum Gasteiger partial charge on any atom is 0.328 e. The Hall–Kier alpha value is -4.17. The van der Waals surface area contributed by atoms with Crippen LogP contribution in [-0.4, -0.2) is 34.3 Å². The zero-order valence-electron chi connectivity index (χ0n) is 19.4. The summed E-state index contributed by atoms with van der Waals surface area (Å²) in [5.41, 5.74) is 1.70. The van der Waals surface area contributed by atoms with E-state index in [0.29, 0.717) is 17.2 Å². The van der Waals surface area contributed by atoms with Gasteiger partial charge in [-0.15, -0.1) is 0 Å². The molecule has 3 aromatic carbocycles. The van der Waals surface area contributed by atoms with Gasteiger partial charge in [0.05, 0.1) is 18.3 Å². The second kappa shape index (κ2) is 10.8. The van der Waals surface area contributed by atoms with E-state index in [1.165, 1.54) is 0 Å². The second-order valence-corrected chi connectivity index (χ2v) is 8.17. The van der Waals surface area contributed by atoms with Gasteiger partial charge in [-0.2, -0.15) is 0 Å². The van der Waals surface area contributed by atoms with Gasteiger partial charge in [-0.1, -0.05) is 65.8 Å². The summed E-state index contributed by atoms with van der Waals surface area (Å²) in [6, 6.07) is 20.8. The van der Waals surface area contributed by atoms with Gasteiger partial charge < -0.3 is 24.4 Å². The summed E-state index contributed by atoms with van der Waals surface area (Å²) in [7, 11) is 0. The quantitative estimate of drug-likeness (QED) is 0.348. The molecular weight excluding hydrogens is 448 g/mol. The number of hydrogen-bond donors (Lipinski definition) is 2. The molecule has 0 spiro atoms. The van der Waals surface area contributed by atoms with Crippen molar-refractivity contribution < 1.29 is 28.7 Å². The molecule has 0 unspecified atom stereocenters. The maximum absolute atomic E-state index is 13.3. The van der Waals surface area contributed by atoms with E-state index in [9.17, 15) is 14.7 Å². The minimum Gasteiger partial charge on any atom is -0.486 e. The van der Waals surface area contributed by atoms with Gasteiger partial charge in [0.1, 0.15) is 23.8 Å². The summed E-state index contributed by atoms with van der Waals surface area (Å²) in [5, 5.41) is 17.9. The van der Waals surface area contributed by atoms with E-state index in [1.807, 2.05) is 54.6 Å². The molecule has 1 aromatic heterocycles. The van der Waals surface area contributed by atoms with Crippen LogP contribution in [0.5, 0.6) is 5.75 Å². The van der Waals surface area contributed by atoms with Crippen molar-refractivity contribution in [3.8, 4) is 5.75 Å². The van der Waals surface area contributed by atoms with Crippen molar-refractivity contribution in [2.75, 3.05) is 0 Å². The molecule has 8 heteroatoms. The molecule has 2 N–H and O–H groups in total. The van der Waals surface area contributed by atoms with Crippen molar-refractivity contribution >= 4 is 22.6 Å².